The number of aryl methyl sites for hydroxylation is 2. The first kappa shape index (κ1) is 15.9. The van der Waals surface area contributed by atoms with Gasteiger partial charge in [-0.15, -0.1) is 11.3 Å². The number of thiophene rings is 1. The number of aromatic nitrogens is 2. The summed E-state index contributed by atoms with van der Waals surface area (Å²) in [5.74, 6) is 0. The zero-order valence-electron chi connectivity index (χ0n) is 12.4. The minimum absolute atomic E-state index is 0.177. The van der Waals surface area contributed by atoms with Crippen molar-refractivity contribution in [3.63, 3.8) is 0 Å². The Labute approximate surface area is 125 Å². The molecule has 0 saturated heterocycles. The number of aliphatic hydroxyl groups is 1. The van der Waals surface area contributed by atoms with Gasteiger partial charge in [0, 0.05) is 17.5 Å². The smallest absolute Gasteiger partial charge is 0.332 e. The van der Waals surface area contributed by atoms with Crippen LogP contribution in [0.15, 0.2) is 9.59 Å². The van der Waals surface area contributed by atoms with Crippen LogP contribution in [-0.2, 0) is 13.2 Å². The van der Waals surface area contributed by atoms with Gasteiger partial charge in [0.05, 0.1) is 18.7 Å². The number of alkyl halides is 1. The van der Waals surface area contributed by atoms with Crippen LogP contribution in [-0.4, -0.2) is 20.9 Å². The molecule has 0 fully saturated rings. The van der Waals surface area contributed by atoms with Crippen LogP contribution in [0, 0.1) is 6.92 Å². The molecule has 0 aromatic carbocycles. The monoisotopic (exact) mass is 314 g/mol. The highest BCUT2D eigenvalue weighted by molar-refractivity contribution is 7.18. The Morgan fingerprint density at radius 3 is 2.52 bits per heavy atom. The van der Waals surface area contributed by atoms with E-state index in [4.69, 9.17) is 0 Å². The van der Waals surface area contributed by atoms with Gasteiger partial charge in [-0.3, -0.25) is 18.3 Å². The molecule has 21 heavy (non-hydrogen) atoms. The Bertz CT molecular complexity index is 773. The van der Waals surface area contributed by atoms with E-state index in [1.54, 1.807) is 20.8 Å². The lowest BCUT2D eigenvalue weighted by molar-refractivity contribution is 0.285. The lowest BCUT2D eigenvalue weighted by Gasteiger charge is -2.14. The molecular weight excluding hydrogens is 295 g/mol. The highest BCUT2D eigenvalue weighted by Crippen LogP contribution is 2.28. The van der Waals surface area contributed by atoms with E-state index in [0.717, 1.165) is 0 Å². The van der Waals surface area contributed by atoms with E-state index in [0.29, 0.717) is 20.7 Å². The maximum atomic E-state index is 12.6. The van der Waals surface area contributed by atoms with E-state index < -0.39 is 12.4 Å². The Hall–Kier alpha value is -1.47. The molecule has 2 aromatic rings. The lowest BCUT2D eigenvalue weighted by atomic mass is 10.2. The highest BCUT2D eigenvalue weighted by Gasteiger charge is 2.20. The average molecular weight is 314 g/mol. The van der Waals surface area contributed by atoms with Gasteiger partial charge in [-0.25, -0.2) is 4.79 Å². The Balaban J connectivity index is 2.92. The molecule has 5 nitrogen and oxygen atoms in total. The molecule has 1 N–H and O–H groups in total. The van der Waals surface area contributed by atoms with Crippen LogP contribution in [0.25, 0.3) is 10.2 Å². The quantitative estimate of drug-likeness (QED) is 0.917. The number of nitrogens with zero attached hydrogens (tertiary/aromatic N) is 2. The van der Waals surface area contributed by atoms with Crippen molar-refractivity contribution in [1.82, 2.24) is 9.13 Å². The number of hydrogen-bond acceptors (Lipinski definition) is 4. The van der Waals surface area contributed by atoms with Crippen LogP contribution in [0.4, 0.5) is 4.39 Å². The van der Waals surface area contributed by atoms with Crippen LogP contribution < -0.4 is 11.2 Å². The first-order valence-corrected chi connectivity index (χ1v) is 7.69. The molecule has 0 amide bonds. The van der Waals surface area contributed by atoms with Crippen molar-refractivity contribution in [3.8, 4) is 0 Å². The summed E-state index contributed by atoms with van der Waals surface area (Å²) in [6.45, 7) is 4.82. The molecule has 0 aliphatic rings. The number of aliphatic hydroxyl groups excluding tert-OH is 1. The molecule has 2 rings (SSSR count). The summed E-state index contributed by atoms with van der Waals surface area (Å²) in [6.07, 6.45) is 0.219. The second-order valence-electron chi connectivity index (χ2n) is 5.23. The molecule has 0 aliphatic carbocycles. The first-order valence-electron chi connectivity index (χ1n) is 6.88. The maximum Gasteiger partial charge on any atom is 0.332 e. The van der Waals surface area contributed by atoms with Gasteiger partial charge in [-0.2, -0.15) is 0 Å². The van der Waals surface area contributed by atoms with Gasteiger partial charge in [0.1, 0.15) is 4.83 Å². The van der Waals surface area contributed by atoms with Crippen LogP contribution in [0.3, 0.4) is 0 Å². The fourth-order valence-corrected chi connectivity index (χ4v) is 3.61. The van der Waals surface area contributed by atoms with Crippen molar-refractivity contribution in [1.29, 1.82) is 0 Å². The topological polar surface area (TPSA) is 64.2 Å². The largest absolute Gasteiger partial charge is 0.391 e. The second-order valence-corrected chi connectivity index (χ2v) is 6.32. The Morgan fingerprint density at radius 2 is 2.00 bits per heavy atom. The second kappa shape index (κ2) is 6.11. The van der Waals surface area contributed by atoms with E-state index in [9.17, 15) is 19.1 Å². The standard InChI is InChI=1S/C14H19FN2O3S/c1-8(2)17-12(19)11-9(3)10(7-18)21-13(11)16(14(17)20)6-4-5-15/h8,18H,4-7H2,1-3H3. The van der Waals surface area contributed by atoms with Crippen LogP contribution in [0.2, 0.25) is 0 Å². The molecule has 7 heteroatoms. The number of hydrogen-bond donors (Lipinski definition) is 1. The van der Waals surface area contributed by atoms with Crippen molar-refractivity contribution in [2.75, 3.05) is 6.67 Å². The zero-order chi connectivity index (χ0) is 15.7. The van der Waals surface area contributed by atoms with Gasteiger partial charge < -0.3 is 5.11 Å². The van der Waals surface area contributed by atoms with Crippen molar-refractivity contribution in [2.45, 2.75) is 46.4 Å². The van der Waals surface area contributed by atoms with E-state index in [1.165, 1.54) is 20.5 Å². The molecule has 0 saturated carbocycles. The predicted octanol–water partition coefficient (Wildman–Crippen LogP) is 1.97. The molecule has 0 bridgehead atoms. The molecule has 0 spiro atoms. The summed E-state index contributed by atoms with van der Waals surface area (Å²) in [4.78, 5) is 26.3. The first-order chi connectivity index (χ1) is 9.93. The average Bonchev–Trinajstić information content (AvgIpc) is 2.75. The summed E-state index contributed by atoms with van der Waals surface area (Å²) in [5.41, 5.74) is -0.0532. The predicted molar refractivity (Wildman–Crippen MR) is 82.0 cm³/mol. The molecule has 0 unspecified atom stereocenters. The third kappa shape index (κ3) is 2.55. The maximum absolute atomic E-state index is 12.6. The summed E-state index contributed by atoms with van der Waals surface area (Å²) in [7, 11) is 0. The summed E-state index contributed by atoms with van der Waals surface area (Å²) in [5, 5.41) is 9.83. The van der Waals surface area contributed by atoms with Gasteiger partial charge in [0.2, 0.25) is 0 Å². The van der Waals surface area contributed by atoms with Gasteiger partial charge >= 0.3 is 5.69 Å². The van der Waals surface area contributed by atoms with Crippen molar-refractivity contribution >= 4 is 21.6 Å². The van der Waals surface area contributed by atoms with E-state index in [-0.39, 0.29) is 31.2 Å². The molecule has 0 radical (unpaired) electrons. The van der Waals surface area contributed by atoms with E-state index in [2.05, 4.69) is 0 Å². The molecular formula is C14H19FN2O3S. The van der Waals surface area contributed by atoms with Crippen LogP contribution in [0.5, 0.6) is 0 Å². The SMILES string of the molecule is Cc1c(CO)sc2c1c(=O)n(C(C)C)c(=O)n2CCCF. The lowest BCUT2D eigenvalue weighted by Crippen LogP contribution is -2.40. The molecule has 2 heterocycles. The fraction of sp³-hybridized carbons (Fsp3) is 0.571. The molecule has 116 valence electrons. The van der Waals surface area contributed by atoms with Crippen molar-refractivity contribution < 1.29 is 9.50 Å². The van der Waals surface area contributed by atoms with Crippen molar-refractivity contribution in [3.05, 3.63) is 31.3 Å². The van der Waals surface area contributed by atoms with Crippen LogP contribution in [0.1, 0.15) is 36.8 Å². The minimum atomic E-state index is -0.522. The number of rotatable bonds is 5. The van der Waals surface area contributed by atoms with Gasteiger partial charge in [-0.1, -0.05) is 0 Å². The van der Waals surface area contributed by atoms with Gasteiger partial charge in [0.25, 0.3) is 5.56 Å². The fourth-order valence-electron chi connectivity index (χ4n) is 2.43. The Kier molecular flexibility index (Phi) is 4.63. The van der Waals surface area contributed by atoms with Crippen molar-refractivity contribution in [2.24, 2.45) is 0 Å². The number of fused-ring (bicyclic) bond motifs is 1. The Morgan fingerprint density at radius 1 is 1.33 bits per heavy atom. The summed E-state index contributed by atoms with van der Waals surface area (Å²) < 4.78 is 15.1. The minimum Gasteiger partial charge on any atom is -0.391 e. The summed E-state index contributed by atoms with van der Waals surface area (Å²) >= 11 is 1.23. The molecule has 2 aromatic heterocycles. The van der Waals surface area contributed by atoms with E-state index >= 15 is 0 Å². The van der Waals surface area contributed by atoms with Gasteiger partial charge in [-0.05, 0) is 32.8 Å². The molecule has 0 aliphatic heterocycles. The summed E-state index contributed by atoms with van der Waals surface area (Å²) in [6, 6.07) is -0.275. The van der Waals surface area contributed by atoms with E-state index in [1.807, 2.05) is 0 Å². The highest BCUT2D eigenvalue weighted by atomic mass is 32.1. The zero-order valence-corrected chi connectivity index (χ0v) is 13.2. The van der Waals surface area contributed by atoms with Crippen LogP contribution >= 0.6 is 11.3 Å². The van der Waals surface area contributed by atoms with Gasteiger partial charge in [0.15, 0.2) is 0 Å². The number of halogens is 1. The normalized spacial score (nSPS) is 11.7. The third-order valence-electron chi connectivity index (χ3n) is 3.52. The molecule has 0 atom stereocenters. The third-order valence-corrected chi connectivity index (χ3v) is 4.82.